The van der Waals surface area contributed by atoms with Crippen molar-refractivity contribution in [2.75, 3.05) is 5.32 Å². The first-order chi connectivity index (χ1) is 11.8. The van der Waals surface area contributed by atoms with E-state index in [1.807, 2.05) is 60.8 Å². The van der Waals surface area contributed by atoms with Gasteiger partial charge in [0.25, 0.3) is 0 Å². The predicted molar refractivity (Wildman–Crippen MR) is 97.0 cm³/mol. The van der Waals surface area contributed by atoms with Gasteiger partial charge in [0.15, 0.2) is 0 Å². The summed E-state index contributed by atoms with van der Waals surface area (Å²) in [6.45, 7) is 0. The van der Waals surface area contributed by atoms with Crippen molar-refractivity contribution in [3.63, 3.8) is 0 Å². The van der Waals surface area contributed by atoms with E-state index in [0.717, 1.165) is 33.2 Å². The highest BCUT2D eigenvalue weighted by Gasteiger charge is 2.08. The van der Waals surface area contributed by atoms with Crippen LogP contribution in [-0.2, 0) is 11.2 Å². The Balaban J connectivity index is 1.44. The number of hydrogen-bond donors (Lipinski definition) is 2. The van der Waals surface area contributed by atoms with Crippen LogP contribution in [-0.4, -0.2) is 15.9 Å². The zero-order valence-corrected chi connectivity index (χ0v) is 13.1. The summed E-state index contributed by atoms with van der Waals surface area (Å²) >= 11 is 0. The smallest absolute Gasteiger partial charge is 0.224 e. The summed E-state index contributed by atoms with van der Waals surface area (Å²) in [5, 5.41) is 5.11. The Kier molecular flexibility index (Phi) is 3.71. The molecule has 0 saturated carbocycles. The van der Waals surface area contributed by atoms with Gasteiger partial charge in [0, 0.05) is 34.6 Å². The summed E-state index contributed by atoms with van der Waals surface area (Å²) in [5.41, 5.74) is 3.74. The SMILES string of the molecule is O=C(CCc1ccc2ccccc2n1)Nc1c[nH]c2ccccc12. The molecule has 2 aromatic carbocycles. The van der Waals surface area contributed by atoms with Gasteiger partial charge >= 0.3 is 0 Å². The van der Waals surface area contributed by atoms with Crippen molar-refractivity contribution in [2.24, 2.45) is 0 Å². The molecular formula is C20H17N3O. The van der Waals surface area contributed by atoms with E-state index in [4.69, 9.17) is 0 Å². The lowest BCUT2D eigenvalue weighted by atomic mass is 10.1. The van der Waals surface area contributed by atoms with Crippen molar-refractivity contribution < 1.29 is 4.79 Å². The lowest BCUT2D eigenvalue weighted by Crippen LogP contribution is -2.12. The fourth-order valence-electron chi connectivity index (χ4n) is 2.88. The predicted octanol–water partition coefficient (Wildman–Crippen LogP) is 4.29. The number of amides is 1. The number of nitrogens with zero attached hydrogens (tertiary/aromatic N) is 1. The standard InChI is InChI=1S/C20H17N3O/c24-20(23-19-13-21-18-8-4-2-6-16(18)19)12-11-15-10-9-14-5-1-3-7-17(14)22-15/h1-10,13,21H,11-12H2,(H,23,24). The molecule has 1 amide bonds. The number of anilines is 1. The Morgan fingerprint density at radius 1 is 1.00 bits per heavy atom. The molecule has 0 aliphatic heterocycles. The minimum Gasteiger partial charge on any atom is -0.359 e. The first kappa shape index (κ1) is 14.5. The second kappa shape index (κ2) is 6.16. The largest absolute Gasteiger partial charge is 0.359 e. The maximum atomic E-state index is 12.2. The fraction of sp³-hybridized carbons (Fsp3) is 0.100. The number of nitrogens with one attached hydrogen (secondary N) is 2. The molecule has 2 N–H and O–H groups in total. The molecule has 4 rings (SSSR count). The van der Waals surface area contributed by atoms with Crippen LogP contribution >= 0.6 is 0 Å². The Morgan fingerprint density at radius 2 is 1.83 bits per heavy atom. The molecule has 0 radical (unpaired) electrons. The molecule has 0 spiro atoms. The monoisotopic (exact) mass is 315 g/mol. The summed E-state index contributed by atoms with van der Waals surface area (Å²) in [7, 11) is 0. The highest BCUT2D eigenvalue weighted by Crippen LogP contribution is 2.22. The maximum Gasteiger partial charge on any atom is 0.224 e. The number of H-pyrrole nitrogens is 1. The van der Waals surface area contributed by atoms with E-state index < -0.39 is 0 Å². The topological polar surface area (TPSA) is 57.8 Å². The van der Waals surface area contributed by atoms with Crippen LogP contribution in [0.5, 0.6) is 0 Å². The molecule has 118 valence electrons. The van der Waals surface area contributed by atoms with E-state index in [-0.39, 0.29) is 5.91 Å². The van der Waals surface area contributed by atoms with Crippen LogP contribution in [0.15, 0.2) is 66.9 Å². The summed E-state index contributed by atoms with van der Waals surface area (Å²) < 4.78 is 0. The molecule has 2 aromatic heterocycles. The third-order valence-electron chi connectivity index (χ3n) is 4.13. The zero-order chi connectivity index (χ0) is 16.4. The van der Waals surface area contributed by atoms with Crippen molar-refractivity contribution in [1.29, 1.82) is 0 Å². The van der Waals surface area contributed by atoms with Gasteiger partial charge < -0.3 is 10.3 Å². The summed E-state index contributed by atoms with van der Waals surface area (Å²) in [4.78, 5) is 20.0. The van der Waals surface area contributed by atoms with E-state index in [1.54, 1.807) is 0 Å². The number of hydrogen-bond acceptors (Lipinski definition) is 2. The van der Waals surface area contributed by atoms with E-state index in [1.165, 1.54) is 0 Å². The molecule has 4 heteroatoms. The average Bonchev–Trinajstić information content (AvgIpc) is 3.03. The van der Waals surface area contributed by atoms with Crippen LogP contribution in [0.3, 0.4) is 0 Å². The van der Waals surface area contributed by atoms with Gasteiger partial charge in [-0.1, -0.05) is 42.5 Å². The lowest BCUT2D eigenvalue weighted by molar-refractivity contribution is -0.116. The van der Waals surface area contributed by atoms with Gasteiger partial charge in [-0.2, -0.15) is 0 Å². The third-order valence-corrected chi connectivity index (χ3v) is 4.13. The number of pyridine rings is 1. The first-order valence-electron chi connectivity index (χ1n) is 8.00. The van der Waals surface area contributed by atoms with E-state index >= 15 is 0 Å². The molecular weight excluding hydrogens is 298 g/mol. The van der Waals surface area contributed by atoms with E-state index in [2.05, 4.69) is 21.4 Å². The maximum absolute atomic E-state index is 12.2. The van der Waals surface area contributed by atoms with Crippen molar-refractivity contribution >= 4 is 33.4 Å². The highest BCUT2D eigenvalue weighted by atomic mass is 16.1. The minimum atomic E-state index is -0.00490. The van der Waals surface area contributed by atoms with Gasteiger partial charge in [-0.05, 0) is 24.6 Å². The summed E-state index contributed by atoms with van der Waals surface area (Å²) in [6, 6.07) is 20.0. The number of aromatic nitrogens is 2. The lowest BCUT2D eigenvalue weighted by Gasteiger charge is -2.05. The molecule has 0 unspecified atom stereocenters. The normalized spacial score (nSPS) is 11.0. The van der Waals surface area contributed by atoms with Crippen molar-refractivity contribution in [3.05, 3.63) is 72.6 Å². The minimum absolute atomic E-state index is 0.00490. The van der Waals surface area contributed by atoms with E-state index in [0.29, 0.717) is 12.8 Å². The number of rotatable bonds is 4. The molecule has 4 aromatic rings. The Bertz CT molecular complexity index is 1020. The quantitative estimate of drug-likeness (QED) is 0.590. The molecule has 0 fully saturated rings. The van der Waals surface area contributed by atoms with Crippen LogP contribution in [0.25, 0.3) is 21.8 Å². The van der Waals surface area contributed by atoms with Crippen LogP contribution in [0.1, 0.15) is 12.1 Å². The number of aryl methyl sites for hydroxylation is 1. The van der Waals surface area contributed by atoms with Gasteiger partial charge in [0.1, 0.15) is 0 Å². The average molecular weight is 315 g/mol. The van der Waals surface area contributed by atoms with Crippen molar-refractivity contribution in [3.8, 4) is 0 Å². The Hall–Kier alpha value is -3.14. The number of fused-ring (bicyclic) bond motifs is 2. The van der Waals surface area contributed by atoms with Gasteiger partial charge in [0.2, 0.25) is 5.91 Å². The van der Waals surface area contributed by atoms with Gasteiger partial charge in [-0.25, -0.2) is 0 Å². The van der Waals surface area contributed by atoms with Crippen molar-refractivity contribution in [1.82, 2.24) is 9.97 Å². The van der Waals surface area contributed by atoms with Crippen LogP contribution in [0.4, 0.5) is 5.69 Å². The second-order valence-electron chi connectivity index (χ2n) is 5.79. The third kappa shape index (κ3) is 2.86. The zero-order valence-electron chi connectivity index (χ0n) is 13.1. The summed E-state index contributed by atoms with van der Waals surface area (Å²) in [6.07, 6.45) is 2.86. The second-order valence-corrected chi connectivity index (χ2v) is 5.79. The number of carbonyl (C=O) groups is 1. The Morgan fingerprint density at radius 3 is 2.79 bits per heavy atom. The molecule has 0 aliphatic carbocycles. The van der Waals surface area contributed by atoms with Gasteiger partial charge in [-0.15, -0.1) is 0 Å². The molecule has 0 aliphatic rings. The number of aromatic amines is 1. The number of benzene rings is 2. The highest BCUT2D eigenvalue weighted by molar-refractivity contribution is 6.01. The van der Waals surface area contributed by atoms with Gasteiger partial charge in [-0.3, -0.25) is 9.78 Å². The Labute approximate surface area is 139 Å². The number of carbonyl (C=O) groups excluding carboxylic acids is 1. The molecule has 0 bridgehead atoms. The van der Waals surface area contributed by atoms with Gasteiger partial charge in [0.05, 0.1) is 11.2 Å². The van der Waals surface area contributed by atoms with E-state index in [9.17, 15) is 4.79 Å². The molecule has 2 heterocycles. The van der Waals surface area contributed by atoms with Crippen molar-refractivity contribution in [2.45, 2.75) is 12.8 Å². The molecule has 0 saturated heterocycles. The van der Waals surface area contributed by atoms with Crippen LogP contribution in [0.2, 0.25) is 0 Å². The van der Waals surface area contributed by atoms with Crippen LogP contribution < -0.4 is 5.32 Å². The first-order valence-corrected chi connectivity index (χ1v) is 8.00. The summed E-state index contributed by atoms with van der Waals surface area (Å²) in [5.74, 6) is -0.00490. The molecule has 0 atom stereocenters. The van der Waals surface area contributed by atoms with Crippen LogP contribution in [0, 0.1) is 0 Å². The number of para-hydroxylation sites is 2. The molecule has 24 heavy (non-hydrogen) atoms. The fourth-order valence-corrected chi connectivity index (χ4v) is 2.88. The molecule has 4 nitrogen and oxygen atoms in total.